The summed E-state index contributed by atoms with van der Waals surface area (Å²) in [7, 11) is 2.13. The lowest BCUT2D eigenvalue weighted by Gasteiger charge is -2.10. The van der Waals surface area contributed by atoms with Crippen LogP contribution in [0.5, 0.6) is 0 Å². The van der Waals surface area contributed by atoms with Crippen LogP contribution in [0.2, 0.25) is 0 Å². The molecule has 0 saturated carbocycles. The molecule has 0 aliphatic rings. The van der Waals surface area contributed by atoms with Gasteiger partial charge in [-0.1, -0.05) is 97.1 Å². The number of fused-ring (bicyclic) bond motifs is 4. The van der Waals surface area contributed by atoms with Crippen molar-refractivity contribution in [3.05, 3.63) is 145 Å². The van der Waals surface area contributed by atoms with Crippen LogP contribution in [0.4, 0.5) is 0 Å². The standard InChI is InChI=1S/C40H29N2O/c1-26-20-22-32-31-17-11-18-33(39(31)43-40(32)38(26)37-23-21-29-16-9-10-19-36(29)42(37)2)35-25-30(27-12-5-3-6-13-27)24-34(41-35)28-14-7-4-8-15-28/h3-25H,1-2H3/q+1. The average molecular weight is 554 g/mol. The van der Waals surface area contributed by atoms with E-state index in [0.29, 0.717) is 0 Å². The molecule has 3 nitrogen and oxygen atoms in total. The Labute approximate surface area is 250 Å². The van der Waals surface area contributed by atoms with E-state index in [1.807, 2.05) is 12.1 Å². The molecule has 3 heteroatoms. The van der Waals surface area contributed by atoms with Crippen LogP contribution in [0, 0.1) is 6.92 Å². The van der Waals surface area contributed by atoms with E-state index in [4.69, 9.17) is 9.40 Å². The molecular formula is C40H29N2O+. The molecule has 8 rings (SSSR count). The predicted octanol–water partition coefficient (Wildman–Crippen LogP) is 9.94. The monoisotopic (exact) mass is 553 g/mol. The van der Waals surface area contributed by atoms with Crippen LogP contribution in [0.15, 0.2) is 144 Å². The molecule has 0 aliphatic carbocycles. The van der Waals surface area contributed by atoms with E-state index in [0.717, 1.165) is 66.8 Å². The minimum absolute atomic E-state index is 0.851. The average Bonchev–Trinajstić information content (AvgIpc) is 3.45. The zero-order valence-electron chi connectivity index (χ0n) is 24.1. The second-order valence-electron chi connectivity index (χ2n) is 11.1. The smallest absolute Gasteiger partial charge is 0.216 e. The van der Waals surface area contributed by atoms with Crippen molar-refractivity contribution in [2.75, 3.05) is 0 Å². The SMILES string of the molecule is Cc1ccc2c(oc3c(-c4cc(-c5ccccc5)cc(-c5ccccc5)n4)cccc32)c1-c1ccc2ccccc2[n+]1C. The van der Waals surface area contributed by atoms with Crippen LogP contribution in [0.1, 0.15) is 5.56 Å². The molecule has 0 aliphatic heterocycles. The summed E-state index contributed by atoms with van der Waals surface area (Å²) in [6.07, 6.45) is 0. The van der Waals surface area contributed by atoms with Crippen molar-refractivity contribution in [2.24, 2.45) is 7.05 Å². The normalized spacial score (nSPS) is 11.5. The number of aryl methyl sites for hydroxylation is 2. The largest absolute Gasteiger partial charge is 0.454 e. The third-order valence-corrected chi connectivity index (χ3v) is 8.49. The van der Waals surface area contributed by atoms with Gasteiger partial charge >= 0.3 is 0 Å². The molecule has 8 aromatic rings. The maximum Gasteiger partial charge on any atom is 0.216 e. The van der Waals surface area contributed by atoms with Gasteiger partial charge in [-0.05, 0) is 53.9 Å². The van der Waals surface area contributed by atoms with Crippen LogP contribution >= 0.6 is 0 Å². The first-order valence-corrected chi connectivity index (χ1v) is 14.6. The van der Waals surface area contributed by atoms with Crippen molar-refractivity contribution < 1.29 is 8.98 Å². The number of furan rings is 1. The minimum atomic E-state index is 0.851. The zero-order valence-corrected chi connectivity index (χ0v) is 24.1. The number of benzene rings is 5. The van der Waals surface area contributed by atoms with Gasteiger partial charge in [-0.2, -0.15) is 4.57 Å². The van der Waals surface area contributed by atoms with Gasteiger partial charge in [0.15, 0.2) is 0 Å². The van der Waals surface area contributed by atoms with Crippen LogP contribution in [-0.2, 0) is 7.05 Å². The lowest BCUT2D eigenvalue weighted by molar-refractivity contribution is -0.633. The molecule has 0 fully saturated rings. The van der Waals surface area contributed by atoms with Gasteiger partial charge in [0.05, 0.1) is 17.0 Å². The number of aromatic nitrogens is 2. The van der Waals surface area contributed by atoms with Crippen molar-refractivity contribution in [3.8, 4) is 44.9 Å². The van der Waals surface area contributed by atoms with Crippen LogP contribution in [0.3, 0.4) is 0 Å². The van der Waals surface area contributed by atoms with Crippen molar-refractivity contribution in [3.63, 3.8) is 0 Å². The van der Waals surface area contributed by atoms with Crippen molar-refractivity contribution >= 4 is 32.8 Å². The van der Waals surface area contributed by atoms with Crippen LogP contribution in [0.25, 0.3) is 77.7 Å². The number of pyridine rings is 2. The van der Waals surface area contributed by atoms with Gasteiger partial charge < -0.3 is 4.42 Å². The zero-order chi connectivity index (χ0) is 28.9. The van der Waals surface area contributed by atoms with Gasteiger partial charge in [-0.15, -0.1) is 0 Å². The number of nitrogens with zero attached hydrogens (tertiary/aromatic N) is 2. The molecule has 43 heavy (non-hydrogen) atoms. The fourth-order valence-corrected chi connectivity index (χ4v) is 6.30. The molecule has 3 aromatic heterocycles. The van der Waals surface area contributed by atoms with Gasteiger partial charge in [0.25, 0.3) is 0 Å². The fraction of sp³-hybridized carbons (Fsp3) is 0.0500. The molecule has 0 saturated heterocycles. The molecule has 0 amide bonds. The Morgan fingerprint density at radius 3 is 2.07 bits per heavy atom. The Morgan fingerprint density at radius 1 is 0.558 bits per heavy atom. The fourth-order valence-electron chi connectivity index (χ4n) is 6.30. The lowest BCUT2D eigenvalue weighted by atomic mass is 9.98. The molecule has 0 atom stereocenters. The first-order valence-electron chi connectivity index (χ1n) is 14.6. The maximum absolute atomic E-state index is 6.91. The summed E-state index contributed by atoms with van der Waals surface area (Å²) in [5, 5.41) is 3.41. The van der Waals surface area contributed by atoms with Gasteiger partial charge in [-0.25, -0.2) is 4.98 Å². The Bertz CT molecular complexity index is 2240. The lowest BCUT2D eigenvalue weighted by Crippen LogP contribution is -2.32. The second-order valence-corrected chi connectivity index (χ2v) is 11.1. The Balaban J connectivity index is 1.39. The van der Waals surface area contributed by atoms with E-state index < -0.39 is 0 Å². The molecule has 0 bridgehead atoms. The van der Waals surface area contributed by atoms with E-state index in [1.54, 1.807) is 0 Å². The summed E-state index contributed by atoms with van der Waals surface area (Å²) < 4.78 is 9.18. The molecule has 0 radical (unpaired) electrons. The van der Waals surface area contributed by atoms with E-state index >= 15 is 0 Å². The Morgan fingerprint density at radius 2 is 1.26 bits per heavy atom. The van der Waals surface area contributed by atoms with Crippen molar-refractivity contribution in [1.82, 2.24) is 4.98 Å². The Kier molecular flexibility index (Phi) is 5.90. The number of rotatable bonds is 4. The summed E-state index contributed by atoms with van der Waals surface area (Å²) in [4.78, 5) is 5.20. The molecule has 0 N–H and O–H groups in total. The number of hydrogen-bond acceptors (Lipinski definition) is 2. The minimum Gasteiger partial charge on any atom is -0.454 e. The highest BCUT2D eigenvalue weighted by Crippen LogP contribution is 2.41. The Hall–Kier alpha value is -5.54. The first kappa shape index (κ1) is 25.2. The third kappa shape index (κ3) is 4.21. The third-order valence-electron chi connectivity index (χ3n) is 8.49. The maximum atomic E-state index is 6.91. The first-order chi connectivity index (χ1) is 21.2. The van der Waals surface area contributed by atoms with Gasteiger partial charge in [-0.3, -0.25) is 0 Å². The molecule has 3 heterocycles. The topological polar surface area (TPSA) is 29.9 Å². The molecule has 0 unspecified atom stereocenters. The van der Waals surface area contributed by atoms with Crippen molar-refractivity contribution in [1.29, 1.82) is 0 Å². The van der Waals surface area contributed by atoms with Crippen LogP contribution in [-0.4, -0.2) is 4.98 Å². The van der Waals surface area contributed by atoms with E-state index in [2.05, 4.69) is 146 Å². The highest BCUT2D eigenvalue weighted by atomic mass is 16.3. The molecule has 0 spiro atoms. The van der Waals surface area contributed by atoms with E-state index in [9.17, 15) is 0 Å². The predicted molar refractivity (Wildman–Crippen MR) is 177 cm³/mol. The summed E-state index contributed by atoms with van der Waals surface area (Å²) in [6, 6.07) is 48.9. The highest BCUT2D eigenvalue weighted by Gasteiger charge is 2.23. The number of para-hydroxylation sites is 2. The molecule has 204 valence electrons. The van der Waals surface area contributed by atoms with Gasteiger partial charge in [0, 0.05) is 39.4 Å². The molecular weight excluding hydrogens is 524 g/mol. The summed E-state index contributed by atoms with van der Waals surface area (Å²) in [6.45, 7) is 2.16. The summed E-state index contributed by atoms with van der Waals surface area (Å²) in [5.74, 6) is 0. The number of hydrogen-bond donors (Lipinski definition) is 0. The second kappa shape index (κ2) is 10.1. The van der Waals surface area contributed by atoms with Gasteiger partial charge in [0.1, 0.15) is 18.2 Å². The summed E-state index contributed by atoms with van der Waals surface area (Å²) >= 11 is 0. The van der Waals surface area contributed by atoms with E-state index in [-0.39, 0.29) is 0 Å². The quantitative estimate of drug-likeness (QED) is 0.203. The highest BCUT2D eigenvalue weighted by molar-refractivity contribution is 6.13. The summed E-state index contributed by atoms with van der Waals surface area (Å²) in [5.41, 5.74) is 12.5. The van der Waals surface area contributed by atoms with Gasteiger partial charge in [0.2, 0.25) is 11.2 Å². The van der Waals surface area contributed by atoms with E-state index in [1.165, 1.54) is 16.5 Å². The van der Waals surface area contributed by atoms with Crippen molar-refractivity contribution in [2.45, 2.75) is 6.92 Å². The van der Waals surface area contributed by atoms with Crippen LogP contribution < -0.4 is 4.57 Å². The molecule has 5 aromatic carbocycles.